The van der Waals surface area contributed by atoms with E-state index >= 15 is 0 Å². The van der Waals surface area contributed by atoms with Gasteiger partial charge in [0.1, 0.15) is 11.6 Å². The summed E-state index contributed by atoms with van der Waals surface area (Å²) >= 11 is 0. The molecule has 0 spiro atoms. The van der Waals surface area contributed by atoms with Gasteiger partial charge in [-0.15, -0.1) is 0 Å². The molecular formula is C23H20N2O2. The zero-order valence-corrected chi connectivity index (χ0v) is 14.9. The van der Waals surface area contributed by atoms with Gasteiger partial charge in [0.25, 0.3) is 5.91 Å². The van der Waals surface area contributed by atoms with Gasteiger partial charge < -0.3 is 10.1 Å². The first-order valence-electron chi connectivity index (χ1n) is 9.18. The van der Waals surface area contributed by atoms with Crippen LogP contribution in [0.4, 0.5) is 0 Å². The quantitative estimate of drug-likeness (QED) is 0.433. The lowest BCUT2D eigenvalue weighted by atomic mass is 9.95. The van der Waals surface area contributed by atoms with Crippen LogP contribution in [0.25, 0.3) is 27.6 Å². The second-order valence-corrected chi connectivity index (χ2v) is 6.75. The Morgan fingerprint density at radius 2 is 1.81 bits per heavy atom. The molecule has 1 heterocycles. The van der Waals surface area contributed by atoms with Gasteiger partial charge in [-0.3, -0.25) is 4.79 Å². The molecule has 1 aliphatic heterocycles. The first-order chi connectivity index (χ1) is 13.3. The van der Waals surface area contributed by atoms with Crippen LogP contribution >= 0.6 is 0 Å². The van der Waals surface area contributed by atoms with Crippen LogP contribution in [-0.4, -0.2) is 25.2 Å². The summed E-state index contributed by atoms with van der Waals surface area (Å²) in [6, 6.07) is 20.2. The second-order valence-electron chi connectivity index (χ2n) is 6.75. The fourth-order valence-corrected chi connectivity index (χ4v) is 3.60. The molecule has 0 saturated carbocycles. The Morgan fingerprint density at radius 3 is 2.41 bits per heavy atom. The number of ether oxygens (including phenoxy) is 1. The first-order valence-corrected chi connectivity index (χ1v) is 9.18. The molecule has 0 unspecified atom stereocenters. The van der Waals surface area contributed by atoms with Crippen LogP contribution in [0.3, 0.4) is 0 Å². The fourth-order valence-electron chi connectivity index (χ4n) is 3.60. The van der Waals surface area contributed by atoms with Gasteiger partial charge in [0.15, 0.2) is 0 Å². The Kier molecular flexibility index (Phi) is 4.86. The minimum atomic E-state index is -0.356. The number of carbonyl (C=O) groups is 1. The van der Waals surface area contributed by atoms with Gasteiger partial charge in [-0.2, -0.15) is 5.26 Å². The van der Waals surface area contributed by atoms with Gasteiger partial charge >= 0.3 is 0 Å². The average molecular weight is 356 g/mol. The summed E-state index contributed by atoms with van der Waals surface area (Å²) in [7, 11) is 0. The lowest BCUT2D eigenvalue weighted by molar-refractivity contribution is -0.117. The molecule has 1 saturated heterocycles. The molecule has 4 rings (SSSR count). The van der Waals surface area contributed by atoms with Gasteiger partial charge in [-0.25, -0.2) is 0 Å². The molecule has 0 bridgehead atoms. The molecular weight excluding hydrogens is 336 g/mol. The summed E-state index contributed by atoms with van der Waals surface area (Å²) in [5.74, 6) is -0.356. The molecule has 1 fully saturated rings. The molecule has 0 aromatic heterocycles. The van der Waals surface area contributed by atoms with Crippen molar-refractivity contribution >= 4 is 33.5 Å². The van der Waals surface area contributed by atoms with Crippen LogP contribution in [0.5, 0.6) is 0 Å². The maximum absolute atomic E-state index is 12.6. The Balaban J connectivity index is 1.74. The van der Waals surface area contributed by atoms with Gasteiger partial charge in [-0.05, 0) is 52.1 Å². The molecule has 0 radical (unpaired) electrons. The summed E-state index contributed by atoms with van der Waals surface area (Å²) in [5, 5.41) is 16.6. The molecule has 0 aliphatic carbocycles. The standard InChI is InChI=1S/C23H20N2O2/c24-14-18(23(26)25-15-19-8-5-11-27-19)13-22-20-9-3-1-6-16(20)12-17-7-2-4-10-21(17)22/h1-4,6-7,9-10,12-13,19H,5,8,11,15H2,(H,25,26)/b18-13-/t19-/m0/s1. The third-order valence-electron chi connectivity index (χ3n) is 4.98. The number of carbonyl (C=O) groups excluding carboxylic acids is 1. The van der Waals surface area contributed by atoms with Gasteiger partial charge in [0, 0.05) is 13.2 Å². The van der Waals surface area contributed by atoms with Crippen molar-refractivity contribution in [3.05, 3.63) is 65.7 Å². The largest absolute Gasteiger partial charge is 0.376 e. The molecule has 27 heavy (non-hydrogen) atoms. The van der Waals surface area contributed by atoms with Crippen molar-refractivity contribution in [3.63, 3.8) is 0 Å². The first kappa shape index (κ1) is 17.3. The highest BCUT2D eigenvalue weighted by atomic mass is 16.5. The fraction of sp³-hybridized carbons (Fsp3) is 0.217. The third-order valence-corrected chi connectivity index (χ3v) is 4.98. The number of fused-ring (bicyclic) bond motifs is 2. The number of benzene rings is 3. The number of rotatable bonds is 4. The number of nitrogens with one attached hydrogen (secondary N) is 1. The predicted octanol–water partition coefficient (Wildman–Crippen LogP) is 4.20. The Bertz CT molecular complexity index is 1020. The second kappa shape index (κ2) is 7.61. The Hall–Kier alpha value is -3.16. The Labute approximate surface area is 158 Å². The zero-order chi connectivity index (χ0) is 18.6. The topological polar surface area (TPSA) is 62.1 Å². The van der Waals surface area contributed by atoms with Crippen molar-refractivity contribution in [2.75, 3.05) is 13.2 Å². The van der Waals surface area contributed by atoms with Crippen molar-refractivity contribution < 1.29 is 9.53 Å². The van der Waals surface area contributed by atoms with E-state index in [0.717, 1.165) is 46.6 Å². The molecule has 1 aliphatic rings. The van der Waals surface area contributed by atoms with Crippen LogP contribution in [0.2, 0.25) is 0 Å². The molecule has 1 atom stereocenters. The van der Waals surface area contributed by atoms with E-state index in [1.807, 2.05) is 48.5 Å². The van der Waals surface area contributed by atoms with E-state index in [4.69, 9.17) is 4.74 Å². The summed E-state index contributed by atoms with van der Waals surface area (Å²) < 4.78 is 5.53. The highest BCUT2D eigenvalue weighted by Gasteiger charge is 2.18. The monoisotopic (exact) mass is 356 g/mol. The summed E-state index contributed by atoms with van der Waals surface area (Å²) in [6.07, 6.45) is 3.71. The number of hydrogen-bond acceptors (Lipinski definition) is 3. The van der Waals surface area contributed by atoms with Gasteiger partial charge in [-0.1, -0.05) is 48.5 Å². The van der Waals surface area contributed by atoms with Gasteiger partial charge in [0.2, 0.25) is 0 Å². The van der Waals surface area contributed by atoms with E-state index in [1.54, 1.807) is 6.08 Å². The lowest BCUT2D eigenvalue weighted by Crippen LogP contribution is -2.32. The maximum Gasteiger partial charge on any atom is 0.262 e. The van der Waals surface area contributed by atoms with Crippen molar-refractivity contribution in [1.82, 2.24) is 5.32 Å². The molecule has 1 N–H and O–H groups in total. The van der Waals surface area contributed by atoms with Crippen LogP contribution in [0, 0.1) is 11.3 Å². The number of hydrogen-bond donors (Lipinski definition) is 1. The highest BCUT2D eigenvalue weighted by Crippen LogP contribution is 2.30. The molecule has 1 amide bonds. The van der Waals surface area contributed by atoms with Crippen molar-refractivity contribution in [2.24, 2.45) is 0 Å². The smallest absolute Gasteiger partial charge is 0.262 e. The molecule has 3 aromatic rings. The average Bonchev–Trinajstić information content (AvgIpc) is 3.23. The Morgan fingerprint density at radius 1 is 1.15 bits per heavy atom. The predicted molar refractivity (Wildman–Crippen MR) is 107 cm³/mol. The molecule has 3 aromatic carbocycles. The molecule has 4 heteroatoms. The van der Waals surface area contributed by atoms with E-state index in [9.17, 15) is 10.1 Å². The van der Waals surface area contributed by atoms with Crippen LogP contribution in [0.15, 0.2) is 60.2 Å². The van der Waals surface area contributed by atoms with Crippen molar-refractivity contribution in [2.45, 2.75) is 18.9 Å². The van der Waals surface area contributed by atoms with Crippen molar-refractivity contribution in [3.8, 4) is 6.07 Å². The number of amides is 1. The summed E-state index contributed by atoms with van der Waals surface area (Å²) in [4.78, 5) is 12.6. The van der Waals surface area contributed by atoms with E-state index < -0.39 is 0 Å². The minimum Gasteiger partial charge on any atom is -0.376 e. The molecule has 134 valence electrons. The SMILES string of the molecule is N#C/C(=C/c1c2ccccc2cc2ccccc12)C(=O)NC[C@@H]1CCCO1. The third kappa shape index (κ3) is 3.55. The van der Waals surface area contributed by atoms with E-state index in [1.165, 1.54) is 0 Å². The van der Waals surface area contributed by atoms with Crippen molar-refractivity contribution in [1.29, 1.82) is 5.26 Å². The van der Waals surface area contributed by atoms with Crippen LogP contribution in [-0.2, 0) is 9.53 Å². The highest BCUT2D eigenvalue weighted by molar-refractivity contribution is 6.11. The van der Waals surface area contributed by atoms with Crippen LogP contribution < -0.4 is 5.32 Å². The molecule has 4 nitrogen and oxygen atoms in total. The minimum absolute atomic E-state index is 0.0484. The van der Waals surface area contributed by atoms with Crippen LogP contribution in [0.1, 0.15) is 18.4 Å². The summed E-state index contributed by atoms with van der Waals surface area (Å²) in [6.45, 7) is 1.18. The lowest BCUT2D eigenvalue weighted by Gasteiger charge is -2.11. The van der Waals surface area contributed by atoms with E-state index in [2.05, 4.69) is 17.5 Å². The van der Waals surface area contributed by atoms with E-state index in [-0.39, 0.29) is 17.6 Å². The zero-order valence-electron chi connectivity index (χ0n) is 14.9. The number of nitriles is 1. The maximum atomic E-state index is 12.6. The normalized spacial score (nSPS) is 17.1. The number of nitrogens with zero attached hydrogens (tertiary/aromatic N) is 1. The summed E-state index contributed by atoms with van der Waals surface area (Å²) in [5.41, 5.74) is 1.00. The van der Waals surface area contributed by atoms with Gasteiger partial charge in [0.05, 0.1) is 6.10 Å². The van der Waals surface area contributed by atoms with E-state index in [0.29, 0.717) is 6.54 Å².